The van der Waals surface area contributed by atoms with Crippen LogP contribution >= 0.6 is 0 Å². The number of rotatable bonds is 0. The van der Waals surface area contributed by atoms with Crippen molar-refractivity contribution < 1.29 is 4.74 Å². The van der Waals surface area contributed by atoms with Crippen LogP contribution in [-0.4, -0.2) is 19.1 Å². The van der Waals surface area contributed by atoms with Crippen LogP contribution in [0.5, 0.6) is 11.5 Å². The van der Waals surface area contributed by atoms with E-state index in [1.54, 1.807) is 0 Å². The van der Waals surface area contributed by atoms with Gasteiger partial charge in [0.1, 0.15) is 23.1 Å². The average molecular weight is 735 g/mol. The molecule has 0 unspecified atom stereocenters. The highest BCUT2D eigenvalue weighted by atomic mass is 16.5. The summed E-state index contributed by atoms with van der Waals surface area (Å²) in [5.74, 6) is 3.32. The summed E-state index contributed by atoms with van der Waals surface area (Å²) in [5.41, 5.74) is 15.0. The van der Waals surface area contributed by atoms with Gasteiger partial charge in [-0.3, -0.25) is 9.13 Å². The summed E-state index contributed by atoms with van der Waals surface area (Å²) in [6, 6.07) is 52.6. The summed E-state index contributed by atoms with van der Waals surface area (Å²) in [4.78, 5) is 10.1. The molecule has 0 atom stereocenters. The van der Waals surface area contributed by atoms with Crippen molar-refractivity contribution in [2.45, 2.75) is 38.5 Å². The van der Waals surface area contributed by atoms with E-state index < -0.39 is 0 Å². The lowest BCUT2D eigenvalue weighted by Crippen LogP contribution is -2.19. The van der Waals surface area contributed by atoms with Gasteiger partial charge in [0.25, 0.3) is 0 Å². The zero-order valence-corrected chi connectivity index (χ0v) is 31.8. The number of hydrogen-bond donors (Lipinski definition) is 0. The van der Waals surface area contributed by atoms with E-state index in [0.717, 1.165) is 75.2 Å². The molecule has 5 heteroatoms. The Labute approximate surface area is 330 Å². The maximum atomic E-state index is 6.74. The number of ether oxygens (including phenoxy) is 1. The molecule has 3 aliphatic rings. The lowest BCUT2D eigenvalue weighted by molar-refractivity contribution is 0.484. The van der Waals surface area contributed by atoms with Crippen LogP contribution < -0.4 is 4.74 Å². The van der Waals surface area contributed by atoms with Crippen molar-refractivity contribution in [1.29, 1.82) is 0 Å². The van der Waals surface area contributed by atoms with E-state index in [2.05, 4.69) is 175 Å². The molecule has 0 radical (unpaired) electrons. The van der Waals surface area contributed by atoms with Gasteiger partial charge >= 0.3 is 0 Å². The van der Waals surface area contributed by atoms with Crippen molar-refractivity contribution in [3.05, 3.63) is 191 Å². The molecule has 0 saturated carbocycles. The fourth-order valence-corrected chi connectivity index (χ4v) is 10.2. The Balaban J connectivity index is 1.09. The van der Waals surface area contributed by atoms with Gasteiger partial charge in [-0.15, -0.1) is 0 Å². The van der Waals surface area contributed by atoms with Gasteiger partial charge in [0.15, 0.2) is 0 Å². The SMILES string of the molecule is CC1(C)c2c3cccc2-c2cccc(c21)Cc1ccnc(c1)-n1c2ccccc2c2ccc(cc21)Oc1ccc2c4ccccc4n(c2c1)-c1ccc(cn1)CC3. The zero-order chi connectivity index (χ0) is 37.8. The fourth-order valence-electron chi connectivity index (χ4n) is 10.2. The number of aromatic nitrogens is 4. The first kappa shape index (κ1) is 32.3. The molecule has 6 heterocycles. The topological polar surface area (TPSA) is 44.9 Å². The number of hydrogen-bond acceptors (Lipinski definition) is 3. The Hall–Kier alpha value is -6.98. The van der Waals surface area contributed by atoms with Gasteiger partial charge in [0.05, 0.1) is 22.1 Å². The second-order valence-electron chi connectivity index (χ2n) is 16.2. The van der Waals surface area contributed by atoms with Crippen LogP contribution in [-0.2, 0) is 24.7 Å². The van der Waals surface area contributed by atoms with Gasteiger partial charge in [-0.1, -0.05) is 92.7 Å². The minimum Gasteiger partial charge on any atom is -0.457 e. The van der Waals surface area contributed by atoms with Crippen molar-refractivity contribution in [2.75, 3.05) is 0 Å². The molecule has 13 rings (SSSR count). The molecular weight excluding hydrogens is 697 g/mol. The van der Waals surface area contributed by atoms with Crippen LogP contribution in [0.2, 0.25) is 0 Å². The van der Waals surface area contributed by atoms with E-state index in [-0.39, 0.29) is 5.41 Å². The predicted molar refractivity (Wildman–Crippen MR) is 231 cm³/mol. The van der Waals surface area contributed by atoms with Gasteiger partial charge in [-0.05, 0) is 118 Å². The smallest absolute Gasteiger partial charge is 0.137 e. The molecule has 10 bridgehead atoms. The lowest BCUT2D eigenvalue weighted by atomic mass is 9.77. The molecule has 272 valence electrons. The van der Waals surface area contributed by atoms with Gasteiger partial charge < -0.3 is 4.74 Å². The number of benzene rings is 6. The number of para-hydroxylation sites is 2. The summed E-state index contributed by atoms with van der Waals surface area (Å²) in [5, 5.41) is 4.70. The summed E-state index contributed by atoms with van der Waals surface area (Å²) >= 11 is 0. The number of pyridine rings is 2. The maximum Gasteiger partial charge on any atom is 0.137 e. The van der Waals surface area contributed by atoms with E-state index in [4.69, 9.17) is 14.7 Å². The van der Waals surface area contributed by atoms with Crippen LogP contribution in [0.1, 0.15) is 47.2 Å². The van der Waals surface area contributed by atoms with Gasteiger partial charge in [0.2, 0.25) is 0 Å². The molecule has 0 amide bonds. The highest BCUT2D eigenvalue weighted by Crippen LogP contribution is 2.52. The minimum absolute atomic E-state index is 0.151. The highest BCUT2D eigenvalue weighted by molar-refractivity contribution is 6.10. The Bertz CT molecular complexity index is 3270. The lowest BCUT2D eigenvalue weighted by Gasteiger charge is -2.27. The van der Waals surface area contributed by atoms with Gasteiger partial charge in [0, 0.05) is 51.5 Å². The molecule has 2 aliphatic heterocycles. The first-order chi connectivity index (χ1) is 28.0. The number of nitrogens with zero attached hydrogens (tertiary/aromatic N) is 4. The second-order valence-corrected chi connectivity index (χ2v) is 16.2. The van der Waals surface area contributed by atoms with E-state index in [1.165, 1.54) is 55.3 Å². The van der Waals surface area contributed by atoms with Crippen LogP contribution in [0.15, 0.2) is 158 Å². The van der Waals surface area contributed by atoms with Crippen molar-refractivity contribution >= 4 is 43.6 Å². The summed E-state index contributed by atoms with van der Waals surface area (Å²) < 4.78 is 11.3. The molecule has 10 aromatic rings. The highest BCUT2D eigenvalue weighted by Gasteiger charge is 2.38. The van der Waals surface area contributed by atoms with E-state index >= 15 is 0 Å². The van der Waals surface area contributed by atoms with Crippen LogP contribution in [0, 0.1) is 0 Å². The Morgan fingerprint density at radius 1 is 0.491 bits per heavy atom. The largest absolute Gasteiger partial charge is 0.457 e. The second kappa shape index (κ2) is 12.0. The molecular formula is C52H38N4O. The molecule has 6 aromatic carbocycles. The maximum absolute atomic E-state index is 6.74. The van der Waals surface area contributed by atoms with Crippen molar-refractivity contribution in [2.24, 2.45) is 0 Å². The quantitative estimate of drug-likeness (QED) is 0.156. The molecule has 4 aromatic heterocycles. The third kappa shape index (κ3) is 4.82. The van der Waals surface area contributed by atoms with Crippen LogP contribution in [0.25, 0.3) is 66.4 Å². The average Bonchev–Trinajstić information content (AvgIpc) is 3.83. The third-order valence-electron chi connectivity index (χ3n) is 12.5. The normalized spacial score (nSPS) is 14.2. The van der Waals surface area contributed by atoms with Crippen molar-refractivity contribution in [3.63, 3.8) is 0 Å². The van der Waals surface area contributed by atoms with E-state index in [9.17, 15) is 0 Å². The summed E-state index contributed by atoms with van der Waals surface area (Å²) in [7, 11) is 0. The first-order valence-corrected chi connectivity index (χ1v) is 19.9. The molecule has 0 spiro atoms. The Morgan fingerprint density at radius 3 is 1.77 bits per heavy atom. The van der Waals surface area contributed by atoms with Crippen molar-refractivity contribution in [3.8, 4) is 34.3 Å². The van der Waals surface area contributed by atoms with E-state index in [0.29, 0.717) is 0 Å². The van der Waals surface area contributed by atoms with Crippen LogP contribution in [0.3, 0.4) is 0 Å². The summed E-state index contributed by atoms with van der Waals surface area (Å²) in [6.07, 6.45) is 6.70. The standard InChI is InChI=1S/C52H38N4O/c1-52(2)50-34-9-7-13-42(50)43-14-8-10-35(51(43)52)27-33-25-26-53-49(28-33)56-45-16-6-4-12-39(45)41-23-21-37(30-47(41)56)57-36-20-22-40-38-11-3-5-15-44(38)55(46(40)29-36)48-24-18-32(17-19-34)31-54-48/h3-16,18,20-26,28-31H,17,19,27H2,1-2H3. The predicted octanol–water partition coefficient (Wildman–Crippen LogP) is 12.5. The van der Waals surface area contributed by atoms with Crippen LogP contribution in [0.4, 0.5) is 0 Å². The monoisotopic (exact) mass is 734 g/mol. The summed E-state index contributed by atoms with van der Waals surface area (Å²) in [6.45, 7) is 4.83. The minimum atomic E-state index is -0.151. The molecule has 0 saturated heterocycles. The number of fused-ring (bicyclic) bond motifs is 8. The van der Waals surface area contributed by atoms with E-state index in [1.807, 2.05) is 6.20 Å². The molecule has 0 N–H and O–H groups in total. The zero-order valence-electron chi connectivity index (χ0n) is 31.8. The number of aryl methyl sites for hydroxylation is 2. The molecule has 1 aliphatic carbocycles. The Kier molecular flexibility index (Phi) is 6.80. The third-order valence-corrected chi connectivity index (χ3v) is 12.5. The van der Waals surface area contributed by atoms with Gasteiger partial charge in [-0.25, -0.2) is 9.97 Å². The first-order valence-electron chi connectivity index (χ1n) is 19.9. The molecule has 57 heavy (non-hydrogen) atoms. The Morgan fingerprint density at radius 2 is 1.11 bits per heavy atom. The van der Waals surface area contributed by atoms with Crippen molar-refractivity contribution in [1.82, 2.24) is 19.1 Å². The fraction of sp³-hybridized carbons (Fsp3) is 0.115. The van der Waals surface area contributed by atoms with Gasteiger partial charge in [-0.2, -0.15) is 0 Å². The molecule has 0 fully saturated rings. The molecule has 5 nitrogen and oxygen atoms in total.